The van der Waals surface area contributed by atoms with E-state index in [0.717, 1.165) is 0 Å². The fourth-order valence-corrected chi connectivity index (χ4v) is 0. The summed E-state index contributed by atoms with van der Waals surface area (Å²) in [6.07, 6.45) is 0. The maximum absolute atomic E-state index is 8.52. The Morgan fingerprint density at radius 1 is 0.667 bits per heavy atom. The quantitative estimate of drug-likeness (QED) is 0.221. The summed E-state index contributed by atoms with van der Waals surface area (Å²) in [5, 5.41) is 0. The molecule has 0 unspecified atom stereocenters. The summed E-state index contributed by atoms with van der Waals surface area (Å²) in [6, 6.07) is 0. The van der Waals surface area contributed by atoms with Crippen molar-refractivity contribution in [1.29, 1.82) is 0 Å². The summed E-state index contributed by atoms with van der Waals surface area (Å²) in [5.41, 5.74) is 0. The van der Waals surface area contributed by atoms with Gasteiger partial charge in [0.05, 0.1) is 0 Å². The molecule has 0 bridgehead atoms. The number of hydrogen-bond acceptors (Lipinski definition) is 8. The van der Waals surface area contributed by atoms with Crippen LogP contribution >= 0.6 is 0 Å². The van der Waals surface area contributed by atoms with E-state index in [-0.39, 0.29) is 44.7 Å². The van der Waals surface area contributed by atoms with Crippen LogP contribution in [0.2, 0.25) is 0 Å². The van der Waals surface area contributed by atoms with E-state index in [1.54, 1.807) is 0 Å². The summed E-state index contributed by atoms with van der Waals surface area (Å²) in [5.74, 6) is 0. The third-order valence-corrected chi connectivity index (χ3v) is 0. The smallest absolute Gasteiger partial charge is 0.759 e. The van der Waals surface area contributed by atoms with Crippen molar-refractivity contribution in [3.05, 3.63) is 0 Å². The van der Waals surface area contributed by atoms with Gasteiger partial charge in [0.1, 0.15) is 0 Å². The zero-order chi connectivity index (χ0) is 9.00. The zero-order valence-corrected chi connectivity index (χ0v) is 12.5. The number of hydrogen-bond donors (Lipinski definition) is 0. The Balaban J connectivity index is -0.0000000457. The van der Waals surface area contributed by atoms with E-state index >= 15 is 0 Å². The topological polar surface area (TPSA) is 161 Å². The molecule has 0 heterocycles. The average molecular weight is 423 g/mol. The predicted octanol–water partition coefficient (Wildman–Crippen LogP) is -3.44. The van der Waals surface area contributed by atoms with Crippen LogP contribution < -0.4 is 0 Å². The first kappa shape index (κ1) is 23.2. The van der Waals surface area contributed by atoms with Crippen LogP contribution in [-0.4, -0.2) is 79.7 Å². The Morgan fingerprint density at radius 2 is 0.667 bits per heavy atom. The number of rotatable bonds is 0. The minimum atomic E-state index is -5.17. The standard InChI is InChI=1S/Al.2H2O4S.Tl/c;2*1-5(2,3)4;/h;2*(H2,1,2,3,4);/q+3;;;+1/p-4. The van der Waals surface area contributed by atoms with Crippen LogP contribution in [-0.2, 0) is 20.8 Å². The fourth-order valence-electron chi connectivity index (χ4n) is 0. The Kier molecular flexibility index (Phi) is 17.0. The molecule has 66 valence electrons. The van der Waals surface area contributed by atoms with Crippen LogP contribution in [0.4, 0.5) is 0 Å². The first-order chi connectivity index (χ1) is 4.00. The molecule has 0 aromatic heterocycles. The van der Waals surface area contributed by atoms with Crippen LogP contribution in [0.15, 0.2) is 0 Å². The molecule has 0 radical (unpaired) electrons. The molecule has 0 spiro atoms. The molecule has 0 fully saturated rings. The third kappa shape index (κ3) is 815. The summed E-state index contributed by atoms with van der Waals surface area (Å²) < 4.78 is 68.2. The maximum Gasteiger partial charge on any atom is 3.00 e. The van der Waals surface area contributed by atoms with Crippen LogP contribution in [0.3, 0.4) is 0 Å². The molecule has 12 heavy (non-hydrogen) atoms. The Bertz CT molecular complexity index is 213. The van der Waals surface area contributed by atoms with Crippen molar-refractivity contribution in [1.82, 2.24) is 0 Å². The van der Waals surface area contributed by atoms with E-state index in [0.29, 0.717) is 0 Å². The van der Waals surface area contributed by atoms with Crippen LogP contribution in [0.1, 0.15) is 0 Å². The molecule has 0 aliphatic rings. The predicted molar refractivity (Wildman–Crippen MR) is 32.5 cm³/mol. The normalized spacial score (nSPS) is 9.67. The van der Waals surface area contributed by atoms with E-state index in [9.17, 15) is 0 Å². The van der Waals surface area contributed by atoms with Gasteiger partial charge in [-0.3, -0.25) is 16.8 Å². The SMILES string of the molecule is O=S(=O)([O-])[O-].O=S(=O)([O-])[O-].[Al+3].[Tl+]. The van der Waals surface area contributed by atoms with Crippen molar-refractivity contribution in [2.24, 2.45) is 0 Å². The second kappa shape index (κ2) is 8.78. The molecule has 0 atom stereocenters. The van der Waals surface area contributed by atoms with E-state index in [1.807, 2.05) is 0 Å². The van der Waals surface area contributed by atoms with Crippen molar-refractivity contribution in [3.63, 3.8) is 0 Å². The molecule has 0 aromatic carbocycles. The minimum Gasteiger partial charge on any atom is -0.759 e. The van der Waals surface area contributed by atoms with E-state index < -0.39 is 20.8 Å². The molecule has 0 amide bonds. The van der Waals surface area contributed by atoms with Gasteiger partial charge in [-0.2, -0.15) is 0 Å². The van der Waals surface area contributed by atoms with Crippen molar-refractivity contribution in [2.45, 2.75) is 0 Å². The molecule has 0 aliphatic heterocycles. The van der Waals surface area contributed by atoms with Gasteiger partial charge >= 0.3 is 44.7 Å². The van der Waals surface area contributed by atoms with Gasteiger partial charge in [0, 0.05) is 20.8 Å². The van der Waals surface area contributed by atoms with Crippen LogP contribution in [0.25, 0.3) is 0 Å². The summed E-state index contributed by atoms with van der Waals surface area (Å²) >= 11 is 0. The average Bonchev–Trinajstić information content (AvgIpc) is 1.12. The van der Waals surface area contributed by atoms with Crippen molar-refractivity contribution in [3.8, 4) is 0 Å². The Morgan fingerprint density at radius 3 is 0.667 bits per heavy atom. The van der Waals surface area contributed by atoms with Gasteiger partial charge < -0.3 is 18.2 Å². The van der Waals surface area contributed by atoms with Crippen molar-refractivity contribution in [2.75, 3.05) is 0 Å². The molecule has 0 saturated heterocycles. The van der Waals surface area contributed by atoms with Gasteiger partial charge in [-0.1, -0.05) is 0 Å². The summed E-state index contributed by atoms with van der Waals surface area (Å²) in [6.45, 7) is 0. The maximum atomic E-state index is 8.52. The molecule has 0 rings (SSSR count). The fraction of sp³-hybridized carbons (Fsp3) is 0. The Hall–Kier alpha value is 1.19. The molecule has 0 aromatic rings. The van der Waals surface area contributed by atoms with Crippen molar-refractivity contribution >= 4 is 65.5 Å². The van der Waals surface area contributed by atoms with E-state index in [4.69, 9.17) is 35.0 Å². The first-order valence-electron chi connectivity index (χ1n) is 1.33. The summed E-state index contributed by atoms with van der Waals surface area (Å²) in [4.78, 5) is 0. The zero-order valence-electron chi connectivity index (χ0n) is 5.24. The van der Waals surface area contributed by atoms with Gasteiger partial charge in [0.2, 0.25) is 0 Å². The summed E-state index contributed by atoms with van der Waals surface area (Å²) in [7, 11) is -10.3. The minimum absolute atomic E-state index is 0. The van der Waals surface area contributed by atoms with E-state index in [1.165, 1.54) is 0 Å². The monoisotopic (exact) mass is 424 g/mol. The second-order valence-electron chi connectivity index (χ2n) is 0.816. The van der Waals surface area contributed by atoms with E-state index in [2.05, 4.69) is 0 Å². The Labute approximate surface area is 99.8 Å². The first-order valence-corrected chi connectivity index (χ1v) is 4.00. The van der Waals surface area contributed by atoms with Crippen LogP contribution in [0.5, 0.6) is 0 Å². The van der Waals surface area contributed by atoms with Crippen LogP contribution in [0, 0.1) is 0 Å². The molecule has 12 heteroatoms. The molecule has 0 aliphatic carbocycles. The van der Waals surface area contributed by atoms with Crippen molar-refractivity contribution < 1.29 is 35.0 Å². The molecular formula is AlO8S2Tl. The van der Waals surface area contributed by atoms with Gasteiger partial charge in [0.15, 0.2) is 0 Å². The molecule has 8 nitrogen and oxygen atoms in total. The second-order valence-corrected chi connectivity index (χ2v) is 2.45. The molecular weight excluding hydrogens is 423 g/mol. The molecule has 0 saturated carbocycles. The van der Waals surface area contributed by atoms with Gasteiger partial charge in [-0.15, -0.1) is 0 Å². The third-order valence-electron chi connectivity index (χ3n) is 0. The largest absolute Gasteiger partial charge is 3.00 e. The molecule has 0 N–H and O–H groups in total. The van der Waals surface area contributed by atoms with Gasteiger partial charge in [-0.05, 0) is 0 Å². The van der Waals surface area contributed by atoms with Gasteiger partial charge in [0.25, 0.3) is 0 Å². The van der Waals surface area contributed by atoms with Gasteiger partial charge in [-0.25, -0.2) is 0 Å².